The van der Waals surface area contributed by atoms with Crippen molar-refractivity contribution >= 4 is 17.5 Å². The highest BCUT2D eigenvalue weighted by molar-refractivity contribution is 5.93. The lowest BCUT2D eigenvalue weighted by molar-refractivity contribution is 0.0697. The number of halogens is 3. The fraction of sp³-hybridized carbons (Fsp3) is 0. The normalized spacial score (nSPS) is 10.3. The molecule has 0 bridgehead atoms. The quantitative estimate of drug-likeness (QED) is 0.898. The van der Waals surface area contributed by atoms with E-state index in [1.807, 2.05) is 0 Å². The van der Waals surface area contributed by atoms with Gasteiger partial charge in [-0.25, -0.2) is 22.9 Å². The van der Waals surface area contributed by atoms with E-state index in [1.54, 1.807) is 0 Å². The van der Waals surface area contributed by atoms with Crippen LogP contribution in [-0.2, 0) is 0 Å². The first-order valence-electron chi connectivity index (χ1n) is 5.08. The van der Waals surface area contributed by atoms with Crippen molar-refractivity contribution in [2.24, 2.45) is 0 Å². The number of nitrogens with one attached hydrogen (secondary N) is 1. The van der Waals surface area contributed by atoms with Crippen LogP contribution in [0.25, 0.3) is 0 Å². The maximum Gasteiger partial charge on any atom is 0.339 e. The number of pyridine rings is 1. The van der Waals surface area contributed by atoms with Crippen molar-refractivity contribution in [3.63, 3.8) is 0 Å². The number of hydrogen-bond acceptors (Lipinski definition) is 3. The molecule has 0 saturated heterocycles. The van der Waals surface area contributed by atoms with Crippen molar-refractivity contribution < 1.29 is 23.1 Å². The SMILES string of the molecule is O=C(O)c1cc(F)cnc1Nc1ccc(F)cc1F. The van der Waals surface area contributed by atoms with Crippen LogP contribution in [0.3, 0.4) is 0 Å². The Hall–Kier alpha value is -2.57. The monoisotopic (exact) mass is 268 g/mol. The summed E-state index contributed by atoms with van der Waals surface area (Å²) in [4.78, 5) is 14.4. The van der Waals surface area contributed by atoms with Gasteiger partial charge in [-0.2, -0.15) is 0 Å². The molecule has 0 atom stereocenters. The first kappa shape index (κ1) is 12.9. The van der Waals surface area contributed by atoms with Crippen LogP contribution in [0.15, 0.2) is 30.5 Å². The highest BCUT2D eigenvalue weighted by atomic mass is 19.1. The molecule has 4 nitrogen and oxygen atoms in total. The van der Waals surface area contributed by atoms with E-state index in [4.69, 9.17) is 5.11 Å². The topological polar surface area (TPSA) is 62.2 Å². The number of carboxylic acid groups (broad SMARTS) is 1. The third kappa shape index (κ3) is 2.82. The first-order chi connectivity index (χ1) is 8.97. The lowest BCUT2D eigenvalue weighted by Crippen LogP contribution is -2.06. The molecule has 1 aromatic carbocycles. The van der Waals surface area contributed by atoms with Gasteiger partial charge in [-0.1, -0.05) is 0 Å². The van der Waals surface area contributed by atoms with E-state index in [1.165, 1.54) is 0 Å². The molecule has 98 valence electrons. The summed E-state index contributed by atoms with van der Waals surface area (Å²) in [6.45, 7) is 0. The van der Waals surface area contributed by atoms with Crippen molar-refractivity contribution in [1.82, 2.24) is 4.98 Å². The highest BCUT2D eigenvalue weighted by Gasteiger charge is 2.14. The number of nitrogens with zero attached hydrogens (tertiary/aromatic N) is 1. The summed E-state index contributed by atoms with van der Waals surface area (Å²) in [6, 6.07) is 3.46. The maximum absolute atomic E-state index is 13.4. The van der Waals surface area contributed by atoms with Crippen LogP contribution in [0.4, 0.5) is 24.7 Å². The molecule has 0 amide bonds. The van der Waals surface area contributed by atoms with Crippen LogP contribution in [0.1, 0.15) is 10.4 Å². The van der Waals surface area contributed by atoms with Crippen molar-refractivity contribution in [3.05, 3.63) is 53.5 Å². The zero-order chi connectivity index (χ0) is 14.0. The number of carboxylic acids is 1. The van der Waals surface area contributed by atoms with E-state index in [9.17, 15) is 18.0 Å². The summed E-state index contributed by atoms with van der Waals surface area (Å²) in [5, 5.41) is 11.3. The highest BCUT2D eigenvalue weighted by Crippen LogP contribution is 2.22. The molecular formula is C12H7F3N2O2. The smallest absolute Gasteiger partial charge is 0.339 e. The Morgan fingerprint density at radius 2 is 1.89 bits per heavy atom. The minimum atomic E-state index is -1.42. The maximum atomic E-state index is 13.4. The molecule has 2 N–H and O–H groups in total. The van der Waals surface area contributed by atoms with Gasteiger partial charge in [-0.3, -0.25) is 0 Å². The molecule has 0 spiro atoms. The van der Waals surface area contributed by atoms with Crippen LogP contribution in [0, 0.1) is 17.5 Å². The van der Waals surface area contributed by atoms with Gasteiger partial charge in [0.1, 0.15) is 28.8 Å². The number of rotatable bonds is 3. The van der Waals surface area contributed by atoms with E-state index in [0.717, 1.165) is 24.4 Å². The average molecular weight is 268 g/mol. The third-order valence-electron chi connectivity index (χ3n) is 2.27. The second-order valence-electron chi connectivity index (χ2n) is 3.60. The first-order valence-corrected chi connectivity index (χ1v) is 5.08. The van der Waals surface area contributed by atoms with E-state index in [2.05, 4.69) is 10.3 Å². The molecule has 0 aliphatic heterocycles. The van der Waals surface area contributed by atoms with Crippen LogP contribution in [0.5, 0.6) is 0 Å². The predicted molar refractivity (Wildman–Crippen MR) is 60.8 cm³/mol. The molecule has 1 heterocycles. The molecule has 2 aromatic rings. The fourth-order valence-corrected chi connectivity index (χ4v) is 1.42. The molecule has 0 aliphatic rings. The molecule has 0 aliphatic carbocycles. The van der Waals surface area contributed by atoms with E-state index >= 15 is 0 Å². The minimum absolute atomic E-state index is 0.164. The van der Waals surface area contributed by atoms with Gasteiger partial charge < -0.3 is 10.4 Å². The molecule has 7 heteroatoms. The number of aromatic nitrogens is 1. The lowest BCUT2D eigenvalue weighted by atomic mass is 10.2. The molecule has 0 unspecified atom stereocenters. The Morgan fingerprint density at radius 1 is 1.16 bits per heavy atom. The van der Waals surface area contributed by atoms with Gasteiger partial charge in [0.15, 0.2) is 0 Å². The van der Waals surface area contributed by atoms with Crippen molar-refractivity contribution in [2.75, 3.05) is 5.32 Å². The van der Waals surface area contributed by atoms with Crippen LogP contribution < -0.4 is 5.32 Å². The Kier molecular flexibility index (Phi) is 3.37. The zero-order valence-corrected chi connectivity index (χ0v) is 9.32. The van der Waals surface area contributed by atoms with E-state index in [-0.39, 0.29) is 11.5 Å². The summed E-state index contributed by atoms with van der Waals surface area (Å²) in [5.74, 6) is -4.17. The van der Waals surface area contributed by atoms with Crippen molar-refractivity contribution in [1.29, 1.82) is 0 Å². The number of aromatic carboxylic acids is 1. The molecule has 0 radical (unpaired) electrons. The predicted octanol–water partition coefficient (Wildman–Crippen LogP) is 2.94. The van der Waals surface area contributed by atoms with Gasteiger partial charge in [-0.15, -0.1) is 0 Å². The van der Waals surface area contributed by atoms with Crippen LogP contribution in [-0.4, -0.2) is 16.1 Å². The van der Waals surface area contributed by atoms with Gasteiger partial charge in [0, 0.05) is 6.07 Å². The van der Waals surface area contributed by atoms with Gasteiger partial charge >= 0.3 is 5.97 Å². The summed E-state index contributed by atoms with van der Waals surface area (Å²) in [6.07, 6.45) is 0.788. The fourth-order valence-electron chi connectivity index (χ4n) is 1.42. The van der Waals surface area contributed by atoms with Crippen LogP contribution >= 0.6 is 0 Å². The number of benzene rings is 1. The standard InChI is InChI=1S/C12H7F3N2O2/c13-6-1-2-10(9(15)4-6)17-11-8(12(18)19)3-7(14)5-16-11/h1-5H,(H,16,17)(H,18,19). The summed E-state index contributed by atoms with van der Waals surface area (Å²) in [7, 11) is 0. The Bertz CT molecular complexity index is 647. The second kappa shape index (κ2) is 4.97. The zero-order valence-electron chi connectivity index (χ0n) is 9.32. The largest absolute Gasteiger partial charge is 0.478 e. The summed E-state index contributed by atoms with van der Waals surface area (Å²) >= 11 is 0. The Labute approximate surface area is 105 Å². The minimum Gasteiger partial charge on any atom is -0.478 e. The summed E-state index contributed by atoms with van der Waals surface area (Å²) < 4.78 is 39.0. The van der Waals surface area contributed by atoms with Gasteiger partial charge in [0.05, 0.1) is 11.9 Å². The molecular weight excluding hydrogens is 261 g/mol. The van der Waals surface area contributed by atoms with Crippen molar-refractivity contribution in [3.8, 4) is 0 Å². The molecule has 1 aromatic heterocycles. The Balaban J connectivity index is 2.40. The van der Waals surface area contributed by atoms with E-state index < -0.39 is 29.0 Å². The van der Waals surface area contributed by atoms with Gasteiger partial charge in [0.25, 0.3) is 0 Å². The van der Waals surface area contributed by atoms with E-state index in [0.29, 0.717) is 6.07 Å². The number of anilines is 2. The number of hydrogen-bond donors (Lipinski definition) is 2. The molecule has 19 heavy (non-hydrogen) atoms. The van der Waals surface area contributed by atoms with Crippen LogP contribution in [0.2, 0.25) is 0 Å². The third-order valence-corrected chi connectivity index (χ3v) is 2.27. The molecule has 0 saturated carbocycles. The lowest BCUT2D eigenvalue weighted by Gasteiger charge is -2.09. The second-order valence-corrected chi connectivity index (χ2v) is 3.60. The van der Waals surface area contributed by atoms with Crippen molar-refractivity contribution in [2.45, 2.75) is 0 Å². The van der Waals surface area contributed by atoms with Gasteiger partial charge in [-0.05, 0) is 18.2 Å². The summed E-state index contributed by atoms with van der Waals surface area (Å²) in [5.41, 5.74) is -0.619. The Morgan fingerprint density at radius 3 is 2.53 bits per heavy atom. The molecule has 0 fully saturated rings. The average Bonchev–Trinajstić information content (AvgIpc) is 2.34. The molecule has 2 rings (SSSR count). The van der Waals surface area contributed by atoms with Gasteiger partial charge in [0.2, 0.25) is 0 Å². The number of carbonyl (C=O) groups is 1.